The molecule has 0 saturated carbocycles. The molecule has 1 amide bonds. The Labute approximate surface area is 199 Å². The van der Waals surface area contributed by atoms with Crippen molar-refractivity contribution in [3.8, 4) is 5.75 Å². The van der Waals surface area contributed by atoms with Gasteiger partial charge < -0.3 is 10.0 Å². The van der Waals surface area contributed by atoms with Gasteiger partial charge in [-0.15, -0.1) is 0 Å². The zero-order chi connectivity index (χ0) is 25.4. The van der Waals surface area contributed by atoms with Crippen LogP contribution in [0.25, 0.3) is 0 Å². The fraction of sp³-hybridized carbons (Fsp3) is 0.519. The predicted octanol–water partition coefficient (Wildman–Crippen LogP) is 5.54. The number of aromatic hydroxyl groups is 1. The quantitative estimate of drug-likeness (QED) is 0.597. The molecule has 1 atom stereocenters. The summed E-state index contributed by atoms with van der Waals surface area (Å²) in [6, 6.07) is 10.5. The molecular weight excluding hydrogens is 434 g/mol. The van der Waals surface area contributed by atoms with Crippen LogP contribution < -0.4 is 0 Å². The number of phenolic OH excluding ortho intramolecular Hbond substituents is 1. The third-order valence-corrected chi connectivity index (χ3v) is 7.31. The number of nitrogens with zero attached hydrogens (tertiary/aromatic N) is 1. The first-order valence-electron chi connectivity index (χ1n) is 11.4. The lowest BCUT2D eigenvalue weighted by Gasteiger charge is -2.29. The minimum atomic E-state index is -3.25. The first-order valence-corrected chi connectivity index (χ1v) is 13.2. The lowest BCUT2D eigenvalue weighted by atomic mass is 9.78. The van der Waals surface area contributed by atoms with Gasteiger partial charge in [0.05, 0.1) is 10.9 Å². The Hall–Kier alpha value is -2.34. The van der Waals surface area contributed by atoms with E-state index in [0.29, 0.717) is 18.6 Å². The van der Waals surface area contributed by atoms with Crippen molar-refractivity contribution < 1.29 is 18.3 Å². The van der Waals surface area contributed by atoms with Crippen molar-refractivity contribution in [1.82, 2.24) is 4.90 Å². The predicted molar refractivity (Wildman–Crippen MR) is 135 cm³/mol. The van der Waals surface area contributed by atoms with Crippen molar-refractivity contribution in [2.24, 2.45) is 0 Å². The Kier molecular flexibility index (Phi) is 7.74. The third kappa shape index (κ3) is 6.59. The minimum absolute atomic E-state index is 0.0115. The van der Waals surface area contributed by atoms with Crippen molar-refractivity contribution in [2.45, 2.75) is 83.1 Å². The summed E-state index contributed by atoms with van der Waals surface area (Å²) in [4.78, 5) is 14.9. The van der Waals surface area contributed by atoms with Gasteiger partial charge in [0.1, 0.15) is 5.75 Å². The molecule has 0 aliphatic heterocycles. The van der Waals surface area contributed by atoms with E-state index in [9.17, 15) is 18.3 Å². The van der Waals surface area contributed by atoms with Crippen LogP contribution >= 0.6 is 0 Å². The number of hydrogen-bond donors (Lipinski definition) is 1. The van der Waals surface area contributed by atoms with E-state index in [2.05, 4.69) is 41.5 Å². The third-order valence-electron chi connectivity index (χ3n) is 6.18. The highest BCUT2D eigenvalue weighted by Crippen LogP contribution is 2.40. The average molecular weight is 474 g/mol. The molecular formula is C27H39NO4S. The minimum Gasteiger partial charge on any atom is -0.507 e. The van der Waals surface area contributed by atoms with E-state index < -0.39 is 9.84 Å². The van der Waals surface area contributed by atoms with Crippen LogP contribution in [0.3, 0.4) is 0 Å². The van der Waals surface area contributed by atoms with E-state index in [-0.39, 0.29) is 27.7 Å². The fourth-order valence-corrected chi connectivity index (χ4v) is 4.47. The molecule has 2 aromatic rings. The largest absolute Gasteiger partial charge is 0.507 e. The molecule has 0 aromatic heterocycles. The summed E-state index contributed by atoms with van der Waals surface area (Å²) < 4.78 is 23.4. The van der Waals surface area contributed by atoms with Crippen molar-refractivity contribution in [3.05, 3.63) is 58.7 Å². The van der Waals surface area contributed by atoms with Gasteiger partial charge in [-0.2, -0.15) is 0 Å². The van der Waals surface area contributed by atoms with Crippen LogP contribution in [0.15, 0.2) is 41.3 Å². The Morgan fingerprint density at radius 2 is 1.42 bits per heavy atom. The first kappa shape index (κ1) is 26.9. The van der Waals surface area contributed by atoms with Crippen LogP contribution in [0.1, 0.15) is 83.2 Å². The molecule has 1 unspecified atom stereocenters. The second-order valence-electron chi connectivity index (χ2n) is 11.1. The number of carbonyl (C=O) groups excluding carboxylic acids is 1. The van der Waals surface area contributed by atoms with Gasteiger partial charge in [0.15, 0.2) is 9.84 Å². The van der Waals surface area contributed by atoms with Crippen molar-refractivity contribution in [2.75, 3.05) is 13.3 Å². The summed E-state index contributed by atoms with van der Waals surface area (Å²) >= 11 is 0. The van der Waals surface area contributed by atoms with Gasteiger partial charge in [-0.25, -0.2) is 8.42 Å². The zero-order valence-corrected chi connectivity index (χ0v) is 22.3. The smallest absolute Gasteiger partial charge is 0.223 e. The van der Waals surface area contributed by atoms with Crippen LogP contribution in [0.4, 0.5) is 0 Å². The molecule has 0 bridgehead atoms. The standard InChI is InChI=1S/C27H39NO4S/c1-18(20-11-13-21(14-12-20)33(9,31)32)28(8)24(29)15-10-19-16-22(26(2,3)4)25(30)23(17-19)27(5,6)7/h11-14,16-18,30H,10,15H2,1-9H3. The Bertz CT molecular complexity index is 1070. The van der Waals surface area contributed by atoms with Gasteiger partial charge in [-0.3, -0.25) is 4.79 Å². The highest BCUT2D eigenvalue weighted by Gasteiger charge is 2.27. The molecule has 0 aliphatic carbocycles. The summed E-state index contributed by atoms with van der Waals surface area (Å²) in [5.41, 5.74) is 3.28. The van der Waals surface area contributed by atoms with Crippen molar-refractivity contribution in [1.29, 1.82) is 0 Å². The molecule has 33 heavy (non-hydrogen) atoms. The van der Waals surface area contributed by atoms with E-state index in [4.69, 9.17) is 0 Å². The monoisotopic (exact) mass is 473 g/mol. The second-order valence-corrected chi connectivity index (χ2v) is 13.1. The molecule has 0 saturated heterocycles. The molecule has 5 nitrogen and oxygen atoms in total. The van der Waals surface area contributed by atoms with E-state index in [1.807, 2.05) is 19.1 Å². The summed E-state index contributed by atoms with van der Waals surface area (Å²) in [5, 5.41) is 10.9. The number of aryl methyl sites for hydroxylation is 1. The van der Waals surface area contributed by atoms with E-state index in [0.717, 1.165) is 22.3 Å². The lowest BCUT2D eigenvalue weighted by molar-refractivity contribution is -0.131. The zero-order valence-electron chi connectivity index (χ0n) is 21.5. The van der Waals surface area contributed by atoms with Gasteiger partial charge in [-0.1, -0.05) is 65.8 Å². The molecule has 0 fully saturated rings. The number of carbonyl (C=O) groups is 1. The van der Waals surface area contributed by atoms with Crippen LogP contribution in [0.5, 0.6) is 5.75 Å². The van der Waals surface area contributed by atoms with E-state index in [1.54, 1.807) is 36.2 Å². The highest BCUT2D eigenvalue weighted by atomic mass is 32.2. The van der Waals surface area contributed by atoms with Gasteiger partial charge in [0.2, 0.25) is 5.91 Å². The first-order chi connectivity index (χ1) is 14.9. The highest BCUT2D eigenvalue weighted by molar-refractivity contribution is 7.90. The lowest BCUT2D eigenvalue weighted by Crippen LogP contribution is -2.30. The van der Waals surface area contributed by atoms with Crippen LogP contribution in [0, 0.1) is 0 Å². The van der Waals surface area contributed by atoms with Crippen molar-refractivity contribution in [3.63, 3.8) is 0 Å². The number of benzene rings is 2. The van der Waals surface area contributed by atoms with Gasteiger partial charge in [-0.05, 0) is 58.6 Å². The number of rotatable bonds is 6. The molecule has 0 heterocycles. The second kappa shape index (κ2) is 9.49. The van der Waals surface area contributed by atoms with E-state index in [1.165, 1.54) is 6.26 Å². The summed E-state index contributed by atoms with van der Waals surface area (Å²) in [7, 11) is -1.48. The van der Waals surface area contributed by atoms with Crippen molar-refractivity contribution >= 4 is 15.7 Å². The summed E-state index contributed by atoms with van der Waals surface area (Å²) in [6.07, 6.45) is 2.11. The van der Waals surface area contributed by atoms with E-state index >= 15 is 0 Å². The Balaban J connectivity index is 2.21. The SMILES string of the molecule is CC(c1ccc(S(C)(=O)=O)cc1)N(C)C(=O)CCc1cc(C(C)(C)C)c(O)c(C(C)(C)C)c1. The maximum Gasteiger partial charge on any atom is 0.223 e. The molecule has 0 aliphatic rings. The molecule has 1 N–H and O–H groups in total. The Morgan fingerprint density at radius 3 is 1.82 bits per heavy atom. The molecule has 2 aromatic carbocycles. The molecule has 0 spiro atoms. The number of phenols is 1. The van der Waals surface area contributed by atoms with Gasteiger partial charge in [0.25, 0.3) is 0 Å². The van der Waals surface area contributed by atoms with Crippen LogP contribution in [-0.4, -0.2) is 37.6 Å². The van der Waals surface area contributed by atoms with Crippen LogP contribution in [-0.2, 0) is 31.9 Å². The average Bonchev–Trinajstić information content (AvgIpc) is 2.69. The van der Waals surface area contributed by atoms with Crippen LogP contribution in [0.2, 0.25) is 0 Å². The summed E-state index contributed by atoms with van der Waals surface area (Å²) in [5.74, 6) is 0.353. The molecule has 182 valence electrons. The molecule has 2 rings (SSSR count). The Morgan fingerprint density at radius 1 is 0.970 bits per heavy atom. The van der Waals surface area contributed by atoms with Gasteiger partial charge in [0, 0.05) is 19.7 Å². The number of sulfone groups is 1. The fourth-order valence-electron chi connectivity index (χ4n) is 3.84. The number of amides is 1. The maximum absolute atomic E-state index is 13.0. The normalized spacial score (nSPS) is 13.6. The van der Waals surface area contributed by atoms with Gasteiger partial charge >= 0.3 is 0 Å². The molecule has 0 radical (unpaired) electrons. The summed E-state index contributed by atoms with van der Waals surface area (Å²) in [6.45, 7) is 14.4. The number of hydrogen-bond acceptors (Lipinski definition) is 4. The topological polar surface area (TPSA) is 74.7 Å². The maximum atomic E-state index is 13.0. The molecule has 6 heteroatoms.